The molecule has 2 atom stereocenters. The topological polar surface area (TPSA) is 77.2 Å². The van der Waals surface area contributed by atoms with Crippen molar-refractivity contribution in [2.75, 3.05) is 13.7 Å². The molecular formula is C11H19Cl2N3O2. The van der Waals surface area contributed by atoms with Crippen LogP contribution in [-0.4, -0.2) is 30.6 Å². The second kappa shape index (κ2) is 10.1. The molecule has 7 heteroatoms. The number of methoxy groups -OCH3 is 1. The van der Waals surface area contributed by atoms with E-state index < -0.39 is 6.04 Å². The zero-order valence-corrected chi connectivity index (χ0v) is 12.0. The molecule has 0 aliphatic rings. The molecule has 0 aliphatic heterocycles. The third-order valence-corrected chi connectivity index (χ3v) is 2.23. The van der Waals surface area contributed by atoms with Crippen molar-refractivity contribution in [1.29, 1.82) is 0 Å². The van der Waals surface area contributed by atoms with Gasteiger partial charge in [-0.15, -0.1) is 24.8 Å². The van der Waals surface area contributed by atoms with Gasteiger partial charge in [0, 0.05) is 19.5 Å². The van der Waals surface area contributed by atoms with Crippen molar-refractivity contribution in [3.8, 4) is 0 Å². The normalized spacial score (nSPS) is 12.6. The summed E-state index contributed by atoms with van der Waals surface area (Å²) in [6, 6.07) is 2.99. The lowest BCUT2D eigenvalue weighted by Gasteiger charge is -2.17. The number of pyridine rings is 1. The smallest absolute Gasteiger partial charge is 0.239 e. The van der Waals surface area contributed by atoms with Crippen LogP contribution in [0.4, 0.5) is 0 Å². The summed E-state index contributed by atoms with van der Waals surface area (Å²) >= 11 is 0. The van der Waals surface area contributed by atoms with Crippen LogP contribution in [0, 0.1) is 0 Å². The Morgan fingerprint density at radius 2 is 2.22 bits per heavy atom. The Morgan fingerprint density at radius 3 is 2.72 bits per heavy atom. The maximum Gasteiger partial charge on any atom is 0.239 e. The fraction of sp³-hybridized carbons (Fsp3) is 0.455. The zero-order chi connectivity index (χ0) is 12.0. The number of nitrogens with two attached hydrogens (primary N) is 1. The van der Waals surface area contributed by atoms with Gasteiger partial charge < -0.3 is 15.8 Å². The van der Waals surface area contributed by atoms with Gasteiger partial charge in [-0.2, -0.15) is 0 Å². The number of nitrogens with zero attached hydrogens (tertiary/aromatic N) is 1. The summed E-state index contributed by atoms with van der Waals surface area (Å²) in [5, 5.41) is 2.80. The Hall–Kier alpha value is -0.880. The number of hydrogen-bond acceptors (Lipinski definition) is 4. The Morgan fingerprint density at radius 1 is 1.56 bits per heavy atom. The van der Waals surface area contributed by atoms with Gasteiger partial charge in [0.15, 0.2) is 0 Å². The van der Waals surface area contributed by atoms with Crippen LogP contribution in [0.1, 0.15) is 18.5 Å². The molecule has 0 saturated carbocycles. The van der Waals surface area contributed by atoms with E-state index >= 15 is 0 Å². The summed E-state index contributed by atoms with van der Waals surface area (Å²) < 4.78 is 4.81. The summed E-state index contributed by atoms with van der Waals surface area (Å²) in [6.45, 7) is 2.10. The van der Waals surface area contributed by atoms with Gasteiger partial charge in [0.05, 0.1) is 12.6 Å². The molecule has 1 heterocycles. The second-order valence-corrected chi connectivity index (χ2v) is 3.58. The molecule has 1 aromatic heterocycles. The predicted molar refractivity (Wildman–Crippen MR) is 75.1 cm³/mol. The first-order valence-electron chi connectivity index (χ1n) is 5.10. The highest BCUT2D eigenvalue weighted by Crippen LogP contribution is 2.09. The highest BCUT2D eigenvalue weighted by molar-refractivity contribution is 5.85. The Balaban J connectivity index is 0. The van der Waals surface area contributed by atoms with Crippen LogP contribution in [0.5, 0.6) is 0 Å². The van der Waals surface area contributed by atoms with E-state index in [0.717, 1.165) is 5.56 Å². The lowest BCUT2D eigenvalue weighted by atomic mass is 10.1. The number of nitrogens with one attached hydrogen (secondary N) is 1. The van der Waals surface area contributed by atoms with Crippen molar-refractivity contribution in [1.82, 2.24) is 10.3 Å². The lowest BCUT2D eigenvalue weighted by Crippen LogP contribution is -2.44. The number of carbonyl (C=O) groups is 1. The van der Waals surface area contributed by atoms with Crippen molar-refractivity contribution in [3.63, 3.8) is 0 Å². The molecule has 1 unspecified atom stereocenters. The molecule has 0 aromatic carbocycles. The van der Waals surface area contributed by atoms with E-state index in [9.17, 15) is 4.79 Å². The van der Waals surface area contributed by atoms with Gasteiger partial charge in [0.25, 0.3) is 0 Å². The SMILES string of the molecule is COCC(N)C(=O)N[C@@H](C)c1cccnc1.Cl.Cl. The van der Waals surface area contributed by atoms with Crippen molar-refractivity contribution < 1.29 is 9.53 Å². The summed E-state index contributed by atoms with van der Waals surface area (Å²) in [4.78, 5) is 15.6. The van der Waals surface area contributed by atoms with Gasteiger partial charge in [-0.05, 0) is 18.6 Å². The van der Waals surface area contributed by atoms with Crippen molar-refractivity contribution >= 4 is 30.7 Å². The maximum absolute atomic E-state index is 11.6. The highest BCUT2D eigenvalue weighted by atomic mass is 35.5. The van der Waals surface area contributed by atoms with Crippen LogP contribution in [0.2, 0.25) is 0 Å². The molecule has 0 radical (unpaired) electrons. The fourth-order valence-electron chi connectivity index (χ4n) is 1.29. The molecule has 104 valence electrons. The first-order chi connectivity index (χ1) is 7.65. The van der Waals surface area contributed by atoms with E-state index in [-0.39, 0.29) is 43.4 Å². The van der Waals surface area contributed by atoms with Crippen molar-refractivity contribution in [3.05, 3.63) is 30.1 Å². The number of halogens is 2. The molecule has 3 N–H and O–H groups in total. The molecule has 18 heavy (non-hydrogen) atoms. The van der Waals surface area contributed by atoms with Gasteiger partial charge in [0.2, 0.25) is 5.91 Å². The molecule has 0 saturated heterocycles. The number of ether oxygens (including phenoxy) is 1. The van der Waals surface area contributed by atoms with Gasteiger partial charge in [0.1, 0.15) is 6.04 Å². The molecule has 0 bridgehead atoms. The number of amides is 1. The molecule has 1 aromatic rings. The van der Waals surface area contributed by atoms with Gasteiger partial charge in [-0.25, -0.2) is 0 Å². The average Bonchev–Trinajstić information content (AvgIpc) is 2.30. The van der Waals surface area contributed by atoms with Crippen molar-refractivity contribution in [2.24, 2.45) is 5.73 Å². The number of rotatable bonds is 5. The van der Waals surface area contributed by atoms with Crippen LogP contribution in [0.3, 0.4) is 0 Å². The van der Waals surface area contributed by atoms with Gasteiger partial charge in [-0.1, -0.05) is 6.07 Å². The van der Waals surface area contributed by atoms with Gasteiger partial charge >= 0.3 is 0 Å². The van der Waals surface area contributed by atoms with E-state index in [1.165, 1.54) is 7.11 Å². The molecular weight excluding hydrogens is 277 g/mol. The third kappa shape index (κ3) is 6.16. The second-order valence-electron chi connectivity index (χ2n) is 3.58. The monoisotopic (exact) mass is 295 g/mol. The van der Waals surface area contributed by atoms with Crippen LogP contribution < -0.4 is 11.1 Å². The molecule has 0 aliphatic carbocycles. The standard InChI is InChI=1S/C11H17N3O2.2ClH/c1-8(9-4-3-5-13-6-9)14-11(15)10(12)7-16-2;;/h3-6,8,10H,7,12H2,1-2H3,(H,14,15);2*1H/t8-,10?;;/m0../s1. The summed E-state index contributed by atoms with van der Waals surface area (Å²) in [7, 11) is 1.51. The summed E-state index contributed by atoms with van der Waals surface area (Å²) in [5.41, 5.74) is 6.55. The minimum atomic E-state index is -0.635. The van der Waals surface area contributed by atoms with E-state index in [0.29, 0.717) is 0 Å². The Kier molecular flexibility index (Phi) is 10.9. The quantitative estimate of drug-likeness (QED) is 0.852. The van der Waals surface area contributed by atoms with Crippen molar-refractivity contribution in [2.45, 2.75) is 19.0 Å². The summed E-state index contributed by atoms with van der Waals surface area (Å²) in [5.74, 6) is -0.224. The maximum atomic E-state index is 11.6. The van der Waals surface area contributed by atoms with E-state index in [1.807, 2.05) is 19.1 Å². The summed E-state index contributed by atoms with van der Waals surface area (Å²) in [6.07, 6.45) is 3.40. The van der Waals surface area contributed by atoms with Gasteiger partial charge in [-0.3, -0.25) is 9.78 Å². The lowest BCUT2D eigenvalue weighted by molar-refractivity contribution is -0.124. The fourth-order valence-corrected chi connectivity index (χ4v) is 1.29. The molecule has 5 nitrogen and oxygen atoms in total. The van der Waals surface area contributed by atoms with E-state index in [2.05, 4.69) is 10.3 Å². The van der Waals surface area contributed by atoms with Crippen LogP contribution >= 0.6 is 24.8 Å². The molecule has 0 fully saturated rings. The first-order valence-corrected chi connectivity index (χ1v) is 5.10. The number of aromatic nitrogens is 1. The average molecular weight is 296 g/mol. The Labute approximate surface area is 119 Å². The van der Waals surface area contributed by atoms with Crippen LogP contribution in [-0.2, 0) is 9.53 Å². The van der Waals surface area contributed by atoms with E-state index in [1.54, 1.807) is 12.4 Å². The minimum absolute atomic E-state index is 0. The number of hydrogen-bond donors (Lipinski definition) is 2. The minimum Gasteiger partial charge on any atom is -0.383 e. The van der Waals surface area contributed by atoms with Crippen LogP contribution in [0.15, 0.2) is 24.5 Å². The highest BCUT2D eigenvalue weighted by Gasteiger charge is 2.16. The molecule has 0 spiro atoms. The third-order valence-electron chi connectivity index (χ3n) is 2.23. The first kappa shape index (κ1) is 19.5. The predicted octanol–water partition coefficient (Wildman–Crippen LogP) is 1.08. The van der Waals surface area contributed by atoms with Crippen LogP contribution in [0.25, 0.3) is 0 Å². The largest absolute Gasteiger partial charge is 0.383 e. The number of carbonyl (C=O) groups excluding carboxylic acids is 1. The Bertz CT molecular complexity index is 338. The van der Waals surface area contributed by atoms with E-state index in [4.69, 9.17) is 10.5 Å². The zero-order valence-electron chi connectivity index (χ0n) is 10.3. The molecule has 1 rings (SSSR count). The molecule has 1 amide bonds.